The standard InChI is InChI=1S/C15H26N4/c1-11-10-13(18-14(16-5)17-11)19-8-6-12(7-9-19)15(2,3)4/h10,12H,6-9H2,1-5H3,(H,16,17,18). The Labute approximate surface area is 116 Å². The molecule has 0 aromatic carbocycles. The molecule has 0 amide bonds. The van der Waals surface area contributed by atoms with Crippen LogP contribution in [-0.2, 0) is 0 Å². The fourth-order valence-corrected chi connectivity index (χ4v) is 2.80. The quantitative estimate of drug-likeness (QED) is 0.889. The smallest absolute Gasteiger partial charge is 0.224 e. The van der Waals surface area contributed by atoms with Crippen molar-refractivity contribution in [1.29, 1.82) is 0 Å². The van der Waals surface area contributed by atoms with Crippen LogP contribution in [0.25, 0.3) is 0 Å². The zero-order valence-electron chi connectivity index (χ0n) is 12.8. The lowest BCUT2D eigenvalue weighted by Crippen LogP contribution is -2.38. The Bertz CT molecular complexity index is 428. The van der Waals surface area contributed by atoms with Gasteiger partial charge in [0, 0.05) is 31.9 Å². The Kier molecular flexibility index (Phi) is 3.97. The third kappa shape index (κ3) is 3.37. The molecule has 0 spiro atoms. The number of nitrogens with zero attached hydrogens (tertiary/aromatic N) is 3. The maximum atomic E-state index is 4.57. The summed E-state index contributed by atoms with van der Waals surface area (Å²) in [5.41, 5.74) is 1.44. The Hall–Kier alpha value is -1.32. The van der Waals surface area contributed by atoms with Crippen molar-refractivity contribution < 1.29 is 0 Å². The molecular weight excluding hydrogens is 236 g/mol. The number of hydrogen-bond acceptors (Lipinski definition) is 4. The average molecular weight is 262 g/mol. The van der Waals surface area contributed by atoms with Gasteiger partial charge in [-0.05, 0) is 31.1 Å². The first-order valence-corrected chi connectivity index (χ1v) is 7.18. The van der Waals surface area contributed by atoms with Crippen molar-refractivity contribution in [3.05, 3.63) is 11.8 Å². The van der Waals surface area contributed by atoms with Crippen molar-refractivity contribution in [3.63, 3.8) is 0 Å². The van der Waals surface area contributed by atoms with E-state index >= 15 is 0 Å². The first kappa shape index (κ1) is 14.1. The van der Waals surface area contributed by atoms with Gasteiger partial charge in [0.05, 0.1) is 0 Å². The molecule has 1 aliphatic heterocycles. The van der Waals surface area contributed by atoms with Gasteiger partial charge in [-0.25, -0.2) is 4.98 Å². The predicted octanol–water partition coefficient (Wildman–Crippen LogP) is 3.09. The number of hydrogen-bond donors (Lipinski definition) is 1. The van der Waals surface area contributed by atoms with Gasteiger partial charge in [0.1, 0.15) is 5.82 Å². The lowest BCUT2D eigenvalue weighted by Gasteiger charge is -2.39. The molecule has 1 aliphatic rings. The lowest BCUT2D eigenvalue weighted by molar-refractivity contribution is 0.198. The molecule has 4 nitrogen and oxygen atoms in total. The Balaban J connectivity index is 2.07. The van der Waals surface area contributed by atoms with E-state index in [-0.39, 0.29) is 0 Å². The van der Waals surface area contributed by atoms with Gasteiger partial charge in [-0.1, -0.05) is 20.8 Å². The van der Waals surface area contributed by atoms with Crippen molar-refractivity contribution in [2.45, 2.75) is 40.5 Å². The van der Waals surface area contributed by atoms with Crippen LogP contribution in [0.3, 0.4) is 0 Å². The van der Waals surface area contributed by atoms with Crippen molar-refractivity contribution in [3.8, 4) is 0 Å². The zero-order chi connectivity index (χ0) is 14.0. The molecule has 0 atom stereocenters. The van der Waals surface area contributed by atoms with E-state index in [1.165, 1.54) is 12.8 Å². The molecule has 2 heterocycles. The molecule has 0 radical (unpaired) electrons. The minimum absolute atomic E-state index is 0.420. The van der Waals surface area contributed by atoms with Crippen molar-refractivity contribution in [1.82, 2.24) is 9.97 Å². The second-order valence-electron chi connectivity index (χ2n) is 6.57. The minimum Gasteiger partial charge on any atom is -0.357 e. The third-order valence-corrected chi connectivity index (χ3v) is 4.11. The average Bonchev–Trinajstić information content (AvgIpc) is 2.37. The number of piperidine rings is 1. The lowest BCUT2D eigenvalue weighted by atomic mass is 9.75. The van der Waals surface area contributed by atoms with Gasteiger partial charge in [0.2, 0.25) is 5.95 Å². The second kappa shape index (κ2) is 5.35. The number of anilines is 2. The van der Waals surface area contributed by atoms with Gasteiger partial charge < -0.3 is 10.2 Å². The normalized spacial score (nSPS) is 17.6. The molecule has 2 rings (SSSR count). The molecule has 4 heteroatoms. The Morgan fingerprint density at radius 3 is 2.37 bits per heavy atom. The monoisotopic (exact) mass is 262 g/mol. The van der Waals surface area contributed by atoms with E-state index < -0.39 is 0 Å². The summed E-state index contributed by atoms with van der Waals surface area (Å²) in [6.07, 6.45) is 2.50. The van der Waals surface area contributed by atoms with Crippen LogP contribution in [0.15, 0.2) is 6.07 Å². The largest absolute Gasteiger partial charge is 0.357 e. The molecule has 0 bridgehead atoms. The Morgan fingerprint density at radius 1 is 1.21 bits per heavy atom. The van der Waals surface area contributed by atoms with E-state index in [2.05, 4.69) is 47.0 Å². The first-order valence-electron chi connectivity index (χ1n) is 7.18. The maximum absolute atomic E-state index is 4.57. The van der Waals surface area contributed by atoms with Gasteiger partial charge in [0.25, 0.3) is 0 Å². The molecular formula is C15H26N4. The maximum Gasteiger partial charge on any atom is 0.224 e. The third-order valence-electron chi connectivity index (χ3n) is 4.11. The van der Waals surface area contributed by atoms with Gasteiger partial charge in [-0.15, -0.1) is 0 Å². The summed E-state index contributed by atoms with van der Waals surface area (Å²) in [7, 11) is 1.87. The zero-order valence-corrected chi connectivity index (χ0v) is 12.8. The van der Waals surface area contributed by atoms with E-state index in [9.17, 15) is 0 Å². The van der Waals surface area contributed by atoms with E-state index in [1.807, 2.05) is 14.0 Å². The van der Waals surface area contributed by atoms with Gasteiger partial charge in [0.15, 0.2) is 0 Å². The highest BCUT2D eigenvalue weighted by atomic mass is 15.2. The van der Waals surface area contributed by atoms with Crippen LogP contribution < -0.4 is 10.2 Å². The van der Waals surface area contributed by atoms with Crippen molar-refractivity contribution >= 4 is 11.8 Å². The minimum atomic E-state index is 0.420. The van der Waals surface area contributed by atoms with Crippen LogP contribution >= 0.6 is 0 Å². The molecule has 1 saturated heterocycles. The number of nitrogens with one attached hydrogen (secondary N) is 1. The molecule has 1 fully saturated rings. The van der Waals surface area contributed by atoms with Crippen LogP contribution in [0.2, 0.25) is 0 Å². The molecule has 106 valence electrons. The number of aromatic nitrogens is 2. The molecule has 1 N–H and O–H groups in total. The topological polar surface area (TPSA) is 41.1 Å². The van der Waals surface area contributed by atoms with Gasteiger partial charge >= 0.3 is 0 Å². The molecule has 0 saturated carbocycles. The molecule has 1 aromatic rings. The summed E-state index contributed by atoms with van der Waals surface area (Å²) in [5.74, 6) is 2.59. The van der Waals surface area contributed by atoms with Crippen LogP contribution in [0.1, 0.15) is 39.3 Å². The summed E-state index contributed by atoms with van der Waals surface area (Å²) in [4.78, 5) is 11.3. The van der Waals surface area contributed by atoms with Crippen molar-refractivity contribution in [2.24, 2.45) is 11.3 Å². The fourth-order valence-electron chi connectivity index (χ4n) is 2.80. The number of aryl methyl sites for hydroxylation is 1. The fraction of sp³-hybridized carbons (Fsp3) is 0.733. The molecule has 1 aromatic heterocycles. The summed E-state index contributed by atoms with van der Waals surface area (Å²) in [5, 5.41) is 3.03. The molecule has 19 heavy (non-hydrogen) atoms. The van der Waals surface area contributed by atoms with Crippen LogP contribution in [0.4, 0.5) is 11.8 Å². The van der Waals surface area contributed by atoms with Crippen LogP contribution in [0, 0.1) is 18.3 Å². The molecule has 0 aliphatic carbocycles. The second-order valence-corrected chi connectivity index (χ2v) is 6.57. The summed E-state index contributed by atoms with van der Waals surface area (Å²) < 4.78 is 0. The Morgan fingerprint density at radius 2 is 1.84 bits per heavy atom. The SMILES string of the molecule is CNc1nc(C)cc(N2CCC(C(C)(C)C)CC2)n1. The highest BCUT2D eigenvalue weighted by Crippen LogP contribution is 2.35. The highest BCUT2D eigenvalue weighted by molar-refractivity contribution is 5.44. The van der Waals surface area contributed by atoms with Crippen molar-refractivity contribution in [2.75, 3.05) is 30.4 Å². The van der Waals surface area contributed by atoms with E-state index in [4.69, 9.17) is 0 Å². The number of rotatable bonds is 2. The predicted molar refractivity (Wildman–Crippen MR) is 80.7 cm³/mol. The summed E-state index contributed by atoms with van der Waals surface area (Å²) >= 11 is 0. The van der Waals surface area contributed by atoms with Gasteiger partial charge in [-0.2, -0.15) is 4.98 Å². The van der Waals surface area contributed by atoms with E-state index in [0.717, 1.165) is 30.5 Å². The van der Waals surface area contributed by atoms with Crippen LogP contribution in [-0.4, -0.2) is 30.1 Å². The summed E-state index contributed by atoms with van der Waals surface area (Å²) in [6.45, 7) is 11.3. The van der Waals surface area contributed by atoms with E-state index in [0.29, 0.717) is 11.4 Å². The molecule has 0 unspecified atom stereocenters. The van der Waals surface area contributed by atoms with E-state index in [1.54, 1.807) is 0 Å². The van der Waals surface area contributed by atoms with Gasteiger partial charge in [-0.3, -0.25) is 0 Å². The summed E-state index contributed by atoms with van der Waals surface area (Å²) in [6, 6.07) is 2.08. The first-order chi connectivity index (χ1) is 8.90. The highest BCUT2D eigenvalue weighted by Gasteiger charge is 2.29. The van der Waals surface area contributed by atoms with Crippen LogP contribution in [0.5, 0.6) is 0 Å².